The van der Waals surface area contributed by atoms with Crippen molar-refractivity contribution >= 4 is 23.4 Å². The molecule has 1 atom stereocenters. The van der Waals surface area contributed by atoms with Crippen molar-refractivity contribution in [2.45, 2.75) is 17.3 Å². The summed E-state index contributed by atoms with van der Waals surface area (Å²) in [6.07, 6.45) is 1.59. The summed E-state index contributed by atoms with van der Waals surface area (Å²) >= 11 is 7.65. The largest absolute Gasteiger partial charge is 0.493 e. The molecule has 162 valence electrons. The molecule has 0 aliphatic carbocycles. The summed E-state index contributed by atoms with van der Waals surface area (Å²) in [5.74, 6) is 1.43. The molecule has 0 aliphatic heterocycles. The first kappa shape index (κ1) is 22.6. The highest BCUT2D eigenvalue weighted by molar-refractivity contribution is 7.99. The van der Waals surface area contributed by atoms with Crippen molar-refractivity contribution in [1.29, 1.82) is 0 Å². The molecule has 1 aromatic heterocycles. The first-order valence-electron chi connectivity index (χ1n) is 9.31. The van der Waals surface area contributed by atoms with Gasteiger partial charge in [0, 0.05) is 10.6 Å². The molecule has 3 rings (SSSR count). The van der Waals surface area contributed by atoms with Crippen molar-refractivity contribution in [3.63, 3.8) is 0 Å². The van der Waals surface area contributed by atoms with Gasteiger partial charge in [0.25, 0.3) is 0 Å². The minimum atomic E-state index is -0.582. The lowest BCUT2D eigenvalue weighted by atomic mass is 10.1. The molecule has 2 aromatic carbocycles. The highest BCUT2D eigenvalue weighted by Crippen LogP contribution is 2.43. The lowest BCUT2D eigenvalue weighted by Gasteiger charge is -2.17. The van der Waals surface area contributed by atoms with Gasteiger partial charge in [-0.3, -0.25) is 14.7 Å². The van der Waals surface area contributed by atoms with Crippen LogP contribution in [0.5, 0.6) is 11.5 Å². The third-order valence-electron chi connectivity index (χ3n) is 4.34. The Kier molecular flexibility index (Phi) is 7.54. The second-order valence-corrected chi connectivity index (χ2v) is 8.03. The van der Waals surface area contributed by atoms with E-state index < -0.39 is 5.25 Å². The summed E-state index contributed by atoms with van der Waals surface area (Å²) in [6.45, 7) is 5.37. The molecule has 0 radical (unpaired) electrons. The molecule has 3 aromatic rings. The molecule has 0 bridgehead atoms. The van der Waals surface area contributed by atoms with Crippen molar-refractivity contribution in [2.75, 3.05) is 20.3 Å². The molecule has 0 aliphatic rings. The molecule has 0 N–H and O–H groups in total. The number of halogens is 1. The van der Waals surface area contributed by atoms with E-state index in [1.54, 1.807) is 18.2 Å². The second kappa shape index (κ2) is 10.3. The van der Waals surface area contributed by atoms with E-state index in [1.165, 1.54) is 18.9 Å². The number of benzene rings is 2. The van der Waals surface area contributed by atoms with Gasteiger partial charge in [-0.1, -0.05) is 54.2 Å². The van der Waals surface area contributed by atoms with Gasteiger partial charge in [0.2, 0.25) is 6.54 Å². The summed E-state index contributed by atoms with van der Waals surface area (Å²) in [4.78, 5) is 11.1. The number of nitrogens with zero attached hydrogens (tertiary/aromatic N) is 4. The molecule has 31 heavy (non-hydrogen) atoms. The fourth-order valence-electron chi connectivity index (χ4n) is 2.97. The second-order valence-electron chi connectivity index (χ2n) is 6.46. The van der Waals surface area contributed by atoms with Crippen LogP contribution in [0.25, 0.3) is 5.69 Å². The predicted octanol–water partition coefficient (Wildman–Crippen LogP) is 4.91. The van der Waals surface area contributed by atoms with Crippen LogP contribution in [-0.4, -0.2) is 39.9 Å². The zero-order valence-electron chi connectivity index (χ0n) is 17.0. The van der Waals surface area contributed by atoms with Crippen LogP contribution in [0.3, 0.4) is 0 Å². The number of hydrogen-bond donors (Lipinski definition) is 0. The van der Waals surface area contributed by atoms with Crippen molar-refractivity contribution in [3.8, 4) is 17.2 Å². The van der Waals surface area contributed by atoms with Gasteiger partial charge in [-0.15, -0.1) is 10.2 Å². The van der Waals surface area contributed by atoms with E-state index >= 15 is 0 Å². The Morgan fingerprint density at radius 3 is 2.71 bits per heavy atom. The smallest absolute Gasteiger partial charge is 0.220 e. The summed E-state index contributed by atoms with van der Waals surface area (Å²) in [6, 6.07) is 12.9. The molecule has 0 unspecified atom stereocenters. The van der Waals surface area contributed by atoms with E-state index in [0.717, 1.165) is 5.69 Å². The van der Waals surface area contributed by atoms with Crippen molar-refractivity contribution in [3.05, 3.63) is 81.6 Å². The lowest BCUT2D eigenvalue weighted by molar-refractivity contribution is -0.479. The maximum Gasteiger partial charge on any atom is 0.220 e. The molecule has 0 saturated heterocycles. The minimum absolute atomic E-state index is 0.252. The van der Waals surface area contributed by atoms with Crippen LogP contribution in [0, 0.1) is 17.0 Å². The highest BCUT2D eigenvalue weighted by atomic mass is 35.5. The molecule has 0 fully saturated rings. The monoisotopic (exact) mass is 460 g/mol. The van der Waals surface area contributed by atoms with E-state index in [9.17, 15) is 10.1 Å². The van der Waals surface area contributed by atoms with Gasteiger partial charge in [0.15, 0.2) is 16.7 Å². The third kappa shape index (κ3) is 5.36. The number of ether oxygens (including phenoxy) is 2. The number of methoxy groups -OCH3 is 1. The van der Waals surface area contributed by atoms with Crippen LogP contribution in [0.15, 0.2) is 60.3 Å². The van der Waals surface area contributed by atoms with Gasteiger partial charge in [-0.25, -0.2) is 0 Å². The Morgan fingerprint density at radius 2 is 2.06 bits per heavy atom. The average molecular weight is 461 g/mol. The van der Waals surface area contributed by atoms with Gasteiger partial charge in [0.05, 0.1) is 12.1 Å². The fourth-order valence-corrected chi connectivity index (χ4v) is 4.40. The Labute approximate surface area is 189 Å². The molecule has 10 heteroatoms. The number of aryl methyl sites for hydroxylation is 1. The molecular weight excluding hydrogens is 440 g/mol. The quantitative estimate of drug-likeness (QED) is 0.183. The summed E-state index contributed by atoms with van der Waals surface area (Å²) in [5.41, 5.74) is 1.49. The number of thioether (sulfide) groups is 1. The predicted molar refractivity (Wildman–Crippen MR) is 120 cm³/mol. The Bertz CT molecular complexity index is 1070. The van der Waals surface area contributed by atoms with Gasteiger partial charge in [0.1, 0.15) is 17.7 Å². The van der Waals surface area contributed by atoms with Crippen LogP contribution in [0.2, 0.25) is 5.02 Å². The van der Waals surface area contributed by atoms with E-state index in [0.29, 0.717) is 33.1 Å². The highest BCUT2D eigenvalue weighted by Gasteiger charge is 2.26. The van der Waals surface area contributed by atoms with E-state index in [4.69, 9.17) is 21.1 Å². The fraction of sp³-hybridized carbons (Fsp3) is 0.238. The number of nitro groups is 1. The minimum Gasteiger partial charge on any atom is -0.493 e. The topological polar surface area (TPSA) is 92.3 Å². The maximum atomic E-state index is 11.4. The van der Waals surface area contributed by atoms with Crippen LogP contribution in [0.1, 0.15) is 16.6 Å². The summed E-state index contributed by atoms with van der Waals surface area (Å²) in [5, 5.41) is 20.1. The van der Waals surface area contributed by atoms with Crippen LogP contribution >= 0.6 is 23.4 Å². The molecule has 0 spiro atoms. The Morgan fingerprint density at radius 1 is 1.32 bits per heavy atom. The Hall–Kier alpha value is -3.04. The first-order valence-corrected chi connectivity index (χ1v) is 10.6. The molecule has 1 heterocycles. The van der Waals surface area contributed by atoms with Crippen LogP contribution in [-0.2, 0) is 0 Å². The number of hydrogen-bond acceptors (Lipinski definition) is 7. The van der Waals surface area contributed by atoms with E-state index in [2.05, 4.69) is 16.8 Å². The Balaban J connectivity index is 2.00. The molecular formula is C21H21ClN4O4S. The van der Waals surface area contributed by atoms with Gasteiger partial charge in [-0.2, -0.15) is 0 Å². The number of aromatic nitrogens is 3. The summed E-state index contributed by atoms with van der Waals surface area (Å²) < 4.78 is 12.8. The van der Waals surface area contributed by atoms with E-state index in [-0.39, 0.29) is 18.1 Å². The van der Waals surface area contributed by atoms with Crippen molar-refractivity contribution in [2.24, 2.45) is 0 Å². The third-order valence-corrected chi connectivity index (χ3v) is 5.80. The SMILES string of the molecule is C=CCOc1c(Cl)cc([C@@H](C[N+](=O)[O-])Sc2nnc(C)n2-c2ccccc2)cc1OC. The normalized spacial score (nSPS) is 11.7. The van der Waals surface area contributed by atoms with E-state index in [1.807, 2.05) is 41.8 Å². The molecule has 8 nitrogen and oxygen atoms in total. The number of para-hydroxylation sites is 1. The van der Waals surface area contributed by atoms with Crippen molar-refractivity contribution in [1.82, 2.24) is 14.8 Å². The average Bonchev–Trinajstić information content (AvgIpc) is 3.12. The molecule has 0 saturated carbocycles. The van der Waals surface area contributed by atoms with Gasteiger partial charge in [-0.05, 0) is 36.8 Å². The first-order chi connectivity index (χ1) is 14.9. The van der Waals surface area contributed by atoms with Gasteiger partial charge >= 0.3 is 0 Å². The van der Waals surface area contributed by atoms with Crippen LogP contribution < -0.4 is 9.47 Å². The van der Waals surface area contributed by atoms with Crippen LogP contribution in [0.4, 0.5) is 0 Å². The standard InChI is InChI=1S/C21H21ClN4O4S/c1-4-10-30-20-17(22)11-15(12-18(20)29-3)19(13-25(27)28)31-21-24-23-14(2)26(21)16-8-6-5-7-9-16/h4-9,11-12,19H,1,10,13H2,2-3H3/t19-/m1/s1. The van der Waals surface area contributed by atoms with Gasteiger partial charge < -0.3 is 9.47 Å². The summed E-state index contributed by atoms with van der Waals surface area (Å²) in [7, 11) is 1.49. The maximum absolute atomic E-state index is 11.4. The molecule has 0 amide bonds. The zero-order valence-corrected chi connectivity index (χ0v) is 18.6. The number of rotatable bonds is 10. The lowest BCUT2D eigenvalue weighted by Crippen LogP contribution is -2.12. The zero-order chi connectivity index (χ0) is 22.4. The van der Waals surface area contributed by atoms with Crippen molar-refractivity contribution < 1.29 is 14.4 Å².